The van der Waals surface area contributed by atoms with E-state index in [-0.39, 0.29) is 18.1 Å². The quantitative estimate of drug-likeness (QED) is 0.494. The van der Waals surface area contributed by atoms with Gasteiger partial charge >= 0.3 is 0 Å². The highest BCUT2D eigenvalue weighted by atomic mass is 32.2. The zero-order valence-corrected chi connectivity index (χ0v) is 17.5. The average Bonchev–Trinajstić information content (AvgIpc) is 2.55. The molecule has 0 fully saturated rings. The molecule has 0 unspecified atom stereocenters. The van der Waals surface area contributed by atoms with Crippen molar-refractivity contribution in [1.29, 1.82) is 0 Å². The van der Waals surface area contributed by atoms with E-state index >= 15 is 0 Å². The summed E-state index contributed by atoms with van der Waals surface area (Å²) in [7, 11) is -3.35. The molecule has 3 N–H and O–H groups in total. The fourth-order valence-corrected chi connectivity index (χ4v) is 2.95. The Kier molecular flexibility index (Phi) is 9.05. The standard InChI is InChI=1S/C19H32N2O5S/c1-5-6-13-26-17-11-10-15(14-16(17)22)21-18(23)9-7-8-12-20-27(24,25)19(2,3)4/h10-11,14,20,22H,5-9,12-13H2,1-4H3,(H,21,23). The van der Waals surface area contributed by atoms with Gasteiger partial charge in [0.15, 0.2) is 11.5 Å². The first kappa shape index (κ1) is 23.2. The summed E-state index contributed by atoms with van der Waals surface area (Å²) in [5.74, 6) is 0.195. The summed E-state index contributed by atoms with van der Waals surface area (Å²) in [4.78, 5) is 12.0. The van der Waals surface area contributed by atoms with Crippen molar-refractivity contribution in [2.24, 2.45) is 0 Å². The predicted molar refractivity (Wildman–Crippen MR) is 108 cm³/mol. The second-order valence-corrected chi connectivity index (χ2v) is 9.92. The van der Waals surface area contributed by atoms with Crippen molar-refractivity contribution >= 4 is 21.6 Å². The number of rotatable bonds is 11. The molecule has 0 radical (unpaired) electrons. The Morgan fingerprint density at radius 2 is 1.89 bits per heavy atom. The lowest BCUT2D eigenvalue weighted by Gasteiger charge is -2.19. The average molecular weight is 401 g/mol. The SMILES string of the molecule is CCCCOc1ccc(NC(=O)CCCCNS(=O)(=O)C(C)(C)C)cc1O. The van der Waals surface area contributed by atoms with Crippen LogP contribution in [0.3, 0.4) is 0 Å². The van der Waals surface area contributed by atoms with Crippen molar-refractivity contribution < 1.29 is 23.1 Å². The molecule has 0 bridgehead atoms. The number of amides is 1. The predicted octanol–water partition coefficient (Wildman–Crippen LogP) is 3.40. The van der Waals surface area contributed by atoms with Crippen molar-refractivity contribution in [2.75, 3.05) is 18.5 Å². The molecule has 7 nitrogen and oxygen atoms in total. The number of hydrogen-bond donors (Lipinski definition) is 3. The number of nitrogens with one attached hydrogen (secondary N) is 2. The third-order valence-corrected chi connectivity index (χ3v) is 6.12. The molecular formula is C19H32N2O5S. The van der Waals surface area contributed by atoms with Crippen molar-refractivity contribution in [1.82, 2.24) is 4.72 Å². The maximum atomic E-state index is 12.0. The topological polar surface area (TPSA) is 105 Å². The molecule has 0 atom stereocenters. The lowest BCUT2D eigenvalue weighted by Crippen LogP contribution is -2.39. The van der Waals surface area contributed by atoms with E-state index in [1.54, 1.807) is 32.9 Å². The van der Waals surface area contributed by atoms with Gasteiger partial charge in [0, 0.05) is 24.7 Å². The smallest absolute Gasteiger partial charge is 0.224 e. The minimum atomic E-state index is -3.35. The van der Waals surface area contributed by atoms with Crippen molar-refractivity contribution in [3.05, 3.63) is 18.2 Å². The fraction of sp³-hybridized carbons (Fsp3) is 0.632. The fourth-order valence-electron chi connectivity index (χ4n) is 2.10. The Morgan fingerprint density at radius 1 is 1.19 bits per heavy atom. The minimum absolute atomic E-state index is 0.0134. The van der Waals surface area contributed by atoms with Gasteiger partial charge in [0.25, 0.3) is 0 Å². The number of unbranched alkanes of at least 4 members (excludes halogenated alkanes) is 2. The number of sulfonamides is 1. The number of phenolic OH excluding ortho intramolecular Hbond substituents is 1. The first-order valence-corrected chi connectivity index (χ1v) is 10.8. The second-order valence-electron chi connectivity index (χ2n) is 7.40. The number of carbonyl (C=O) groups is 1. The summed E-state index contributed by atoms with van der Waals surface area (Å²) >= 11 is 0. The van der Waals surface area contributed by atoms with E-state index in [9.17, 15) is 18.3 Å². The van der Waals surface area contributed by atoms with Gasteiger partial charge < -0.3 is 15.2 Å². The molecule has 1 aromatic carbocycles. The van der Waals surface area contributed by atoms with Gasteiger partial charge in [-0.25, -0.2) is 13.1 Å². The van der Waals surface area contributed by atoms with Gasteiger partial charge in [0.05, 0.1) is 11.4 Å². The summed E-state index contributed by atoms with van der Waals surface area (Å²) in [6, 6.07) is 4.76. The van der Waals surface area contributed by atoms with E-state index in [0.29, 0.717) is 37.4 Å². The lowest BCUT2D eigenvalue weighted by atomic mass is 10.2. The van der Waals surface area contributed by atoms with Gasteiger partial charge in [-0.3, -0.25) is 4.79 Å². The third kappa shape index (κ3) is 8.17. The first-order valence-electron chi connectivity index (χ1n) is 9.31. The van der Waals surface area contributed by atoms with Gasteiger partial charge in [-0.1, -0.05) is 13.3 Å². The first-order chi connectivity index (χ1) is 12.6. The summed E-state index contributed by atoms with van der Waals surface area (Å²) in [5.41, 5.74) is 0.494. The molecule has 0 aliphatic heterocycles. The number of carbonyl (C=O) groups excluding carboxylic acids is 1. The molecule has 0 aliphatic rings. The van der Waals surface area contributed by atoms with Gasteiger partial charge in [-0.2, -0.15) is 0 Å². The maximum absolute atomic E-state index is 12.0. The molecule has 8 heteroatoms. The van der Waals surface area contributed by atoms with Crippen molar-refractivity contribution in [3.63, 3.8) is 0 Å². The zero-order valence-electron chi connectivity index (χ0n) is 16.7. The number of phenols is 1. The molecule has 0 spiro atoms. The van der Waals surface area contributed by atoms with Gasteiger partial charge in [-0.15, -0.1) is 0 Å². The van der Waals surface area contributed by atoms with Crippen LogP contribution >= 0.6 is 0 Å². The maximum Gasteiger partial charge on any atom is 0.224 e. The molecule has 1 amide bonds. The van der Waals surface area contributed by atoms with E-state index in [1.165, 1.54) is 6.07 Å². The van der Waals surface area contributed by atoms with Crippen LogP contribution in [0.2, 0.25) is 0 Å². The highest BCUT2D eigenvalue weighted by Gasteiger charge is 2.27. The number of hydrogen-bond acceptors (Lipinski definition) is 5. The zero-order chi connectivity index (χ0) is 20.5. The summed E-state index contributed by atoms with van der Waals surface area (Å²) in [6.07, 6.45) is 3.31. The Balaban J connectivity index is 2.35. The van der Waals surface area contributed by atoms with Crippen molar-refractivity contribution in [3.8, 4) is 11.5 Å². The molecule has 0 aliphatic carbocycles. The molecular weight excluding hydrogens is 368 g/mol. The van der Waals surface area contributed by atoms with Crippen LogP contribution in [-0.2, 0) is 14.8 Å². The number of benzene rings is 1. The van der Waals surface area contributed by atoms with E-state index < -0.39 is 14.8 Å². The van der Waals surface area contributed by atoms with Crippen LogP contribution in [0.15, 0.2) is 18.2 Å². The highest BCUT2D eigenvalue weighted by Crippen LogP contribution is 2.29. The molecule has 1 aromatic rings. The summed E-state index contributed by atoms with van der Waals surface area (Å²) in [6.45, 7) is 7.81. The van der Waals surface area contributed by atoms with Crippen LogP contribution in [0.4, 0.5) is 5.69 Å². The summed E-state index contributed by atoms with van der Waals surface area (Å²) < 4.78 is 31.0. The highest BCUT2D eigenvalue weighted by molar-refractivity contribution is 7.90. The Labute approximate surface area is 162 Å². The number of aromatic hydroxyl groups is 1. The van der Waals surface area contributed by atoms with Crippen LogP contribution in [0, 0.1) is 0 Å². The molecule has 27 heavy (non-hydrogen) atoms. The minimum Gasteiger partial charge on any atom is -0.504 e. The van der Waals surface area contributed by atoms with Crippen LogP contribution in [0.25, 0.3) is 0 Å². The van der Waals surface area contributed by atoms with Crippen LogP contribution < -0.4 is 14.8 Å². The number of anilines is 1. The Hall–Kier alpha value is -1.80. The normalized spacial score (nSPS) is 12.0. The molecule has 154 valence electrons. The molecule has 0 saturated carbocycles. The molecule has 0 saturated heterocycles. The molecule has 0 aromatic heterocycles. The van der Waals surface area contributed by atoms with E-state index in [0.717, 1.165) is 12.8 Å². The monoisotopic (exact) mass is 400 g/mol. The van der Waals surface area contributed by atoms with E-state index in [2.05, 4.69) is 17.0 Å². The Morgan fingerprint density at radius 3 is 2.48 bits per heavy atom. The second kappa shape index (κ2) is 10.5. The largest absolute Gasteiger partial charge is 0.504 e. The van der Waals surface area contributed by atoms with Gasteiger partial charge in [0.2, 0.25) is 15.9 Å². The van der Waals surface area contributed by atoms with Gasteiger partial charge in [0.1, 0.15) is 0 Å². The van der Waals surface area contributed by atoms with Crippen LogP contribution in [0.5, 0.6) is 11.5 Å². The molecule has 1 rings (SSSR count). The van der Waals surface area contributed by atoms with E-state index in [4.69, 9.17) is 4.74 Å². The van der Waals surface area contributed by atoms with Crippen LogP contribution in [-0.4, -0.2) is 37.3 Å². The van der Waals surface area contributed by atoms with Crippen molar-refractivity contribution in [2.45, 2.75) is 64.5 Å². The molecule has 0 heterocycles. The van der Waals surface area contributed by atoms with E-state index in [1.807, 2.05) is 0 Å². The third-order valence-electron chi connectivity index (χ3n) is 3.93. The number of ether oxygens (including phenoxy) is 1. The lowest BCUT2D eigenvalue weighted by molar-refractivity contribution is -0.116. The summed E-state index contributed by atoms with van der Waals surface area (Å²) in [5, 5.41) is 12.7. The Bertz CT molecular complexity index is 711. The van der Waals surface area contributed by atoms with Crippen LogP contribution in [0.1, 0.15) is 59.8 Å². The van der Waals surface area contributed by atoms with Gasteiger partial charge in [-0.05, 0) is 52.2 Å².